The Labute approximate surface area is 363 Å². The van der Waals surface area contributed by atoms with Crippen molar-refractivity contribution in [1.29, 1.82) is 0 Å². The van der Waals surface area contributed by atoms with Crippen molar-refractivity contribution < 1.29 is 74.0 Å². The zero-order valence-corrected chi connectivity index (χ0v) is 37.1. The maximum atomic E-state index is 11.8. The van der Waals surface area contributed by atoms with Crippen LogP contribution < -0.4 is 11.1 Å². The molecule has 7 atom stereocenters. The lowest BCUT2D eigenvalue weighted by Gasteiger charge is -2.18. The van der Waals surface area contributed by atoms with Crippen molar-refractivity contribution >= 4 is 42.1 Å². The molecular weight excluding hydrogens is 800 g/mol. The van der Waals surface area contributed by atoms with Gasteiger partial charge in [-0.15, -0.1) is 0 Å². The third-order valence-electron chi connectivity index (χ3n) is 8.12. The van der Waals surface area contributed by atoms with E-state index >= 15 is 0 Å². The van der Waals surface area contributed by atoms with Gasteiger partial charge in [-0.2, -0.15) is 0 Å². The van der Waals surface area contributed by atoms with Gasteiger partial charge in [-0.1, -0.05) is 62.8 Å². The molecule has 0 aromatic rings. The first-order chi connectivity index (χ1) is 27.9. The maximum Gasteiger partial charge on any atom is 0.509 e. The number of nitrogens with one attached hydrogen (secondary N) is 1. The topological polar surface area (TPSA) is 273 Å². The standard InChI is InChI=1S/C13H21NO5.C11H17NO5.C9H15NO3.C8H17NO2.CH4.H2/c1-6-17-12(15)11(19-13(16)18-7-2)10(14-5)8-9(3)4;1-5-16-11(15)17-9(10(13)14)8(12-4)6-7(2)3;1-5(2)3-6-4-10-8(11)7(6)9(12)13;1-6(2)3-7(5-9)4-8(10)11;;/h9-11H,6-8H2,1-4H3;7-9H,5-6H2,1-3H3,(H,13,14);5-7H,3-4H2,1-2H3,(H,10,11)(H,12,13);6-7H,3-5,9H2,1-2H3,(H,10,11);1H4;1H/t;8-,9?;;;;/m.0..../s1/i;;;;;1+1. The van der Waals surface area contributed by atoms with E-state index in [1.807, 2.05) is 41.5 Å². The predicted molar refractivity (Wildman–Crippen MR) is 228 cm³/mol. The summed E-state index contributed by atoms with van der Waals surface area (Å²) in [5.74, 6) is -3.55. The molecule has 0 saturated carbocycles. The van der Waals surface area contributed by atoms with Crippen molar-refractivity contribution in [3.05, 3.63) is 22.8 Å². The summed E-state index contributed by atoms with van der Waals surface area (Å²) in [4.78, 5) is 83.8. The summed E-state index contributed by atoms with van der Waals surface area (Å²) in [6.07, 6.45) is -2.05. The van der Waals surface area contributed by atoms with Crippen molar-refractivity contribution in [3.63, 3.8) is 0 Å². The minimum Gasteiger partial charge on any atom is -0.481 e. The highest BCUT2D eigenvalue weighted by Crippen LogP contribution is 2.25. The Balaban J connectivity index is -0.000000235. The molecule has 1 rings (SSSR count). The van der Waals surface area contributed by atoms with Crippen molar-refractivity contribution in [2.45, 2.75) is 140 Å². The van der Waals surface area contributed by atoms with E-state index in [0.29, 0.717) is 37.8 Å². The van der Waals surface area contributed by atoms with Crippen LogP contribution in [0.4, 0.5) is 9.59 Å². The third-order valence-corrected chi connectivity index (χ3v) is 8.12. The Morgan fingerprint density at radius 2 is 1.16 bits per heavy atom. The number of carbonyl (C=O) groups is 7. The van der Waals surface area contributed by atoms with E-state index in [9.17, 15) is 33.6 Å². The van der Waals surface area contributed by atoms with Gasteiger partial charge in [0, 0.05) is 27.2 Å². The van der Waals surface area contributed by atoms with Crippen LogP contribution in [0.25, 0.3) is 9.69 Å². The third kappa shape index (κ3) is 30.5. The molecule has 1 aliphatic heterocycles. The van der Waals surface area contributed by atoms with Gasteiger partial charge in [-0.3, -0.25) is 14.4 Å². The molecule has 0 aromatic carbocycles. The lowest BCUT2D eigenvalue weighted by molar-refractivity contribution is -0.155. The summed E-state index contributed by atoms with van der Waals surface area (Å²) in [6, 6.07) is -1.65. The van der Waals surface area contributed by atoms with Crippen LogP contribution in [0.5, 0.6) is 0 Å². The van der Waals surface area contributed by atoms with E-state index in [2.05, 4.69) is 43.1 Å². The van der Waals surface area contributed by atoms with E-state index < -0.39 is 66.4 Å². The summed E-state index contributed by atoms with van der Waals surface area (Å²) >= 11 is 0. The molecule has 19 heteroatoms. The smallest absolute Gasteiger partial charge is 0.481 e. The van der Waals surface area contributed by atoms with Gasteiger partial charge in [0.25, 0.3) is 24.3 Å². The number of carboxylic acid groups (broad SMARTS) is 3. The van der Waals surface area contributed by atoms with Crippen LogP contribution in [-0.2, 0) is 47.7 Å². The molecular formula is C42H76N4O15. The molecule has 6 N–H and O–H groups in total. The van der Waals surface area contributed by atoms with Crippen LogP contribution >= 0.6 is 0 Å². The number of esters is 1. The van der Waals surface area contributed by atoms with Crippen LogP contribution in [0.3, 0.4) is 0 Å². The fourth-order valence-electron chi connectivity index (χ4n) is 5.76. The highest BCUT2D eigenvalue weighted by Gasteiger charge is 2.41. The normalized spacial score (nSPS) is 16.3. The number of aliphatic carboxylic acids is 3. The number of hydrogen-bond donors (Lipinski definition) is 5. The molecule has 1 saturated heterocycles. The Kier molecular flexibility index (Phi) is 36.4. The molecule has 0 bridgehead atoms. The molecule has 1 aliphatic rings. The average molecular weight is 878 g/mol. The molecule has 0 aliphatic carbocycles. The van der Waals surface area contributed by atoms with E-state index in [4.69, 9.17) is 43.7 Å². The van der Waals surface area contributed by atoms with Crippen LogP contribution in [0.15, 0.2) is 0 Å². The largest absolute Gasteiger partial charge is 0.509 e. The summed E-state index contributed by atoms with van der Waals surface area (Å²) in [5.41, 5.74) is 5.41. The number of carbonyl (C=O) groups excluding carboxylic acids is 4. The van der Waals surface area contributed by atoms with Crippen molar-refractivity contribution in [2.75, 3.05) is 32.9 Å². The second-order valence-corrected chi connectivity index (χ2v) is 15.5. The fraction of sp³-hybridized carbons (Fsp3) is 0.786. The van der Waals surface area contributed by atoms with Gasteiger partial charge >= 0.3 is 36.2 Å². The summed E-state index contributed by atoms with van der Waals surface area (Å²) < 4.78 is 23.5. The highest BCUT2D eigenvalue weighted by molar-refractivity contribution is 5.98. The highest BCUT2D eigenvalue weighted by atomic mass is 16.7. The molecule has 61 heavy (non-hydrogen) atoms. The summed E-state index contributed by atoms with van der Waals surface area (Å²) in [7, 11) is 0. The Morgan fingerprint density at radius 3 is 1.49 bits per heavy atom. The number of ether oxygens (including phenoxy) is 5. The van der Waals surface area contributed by atoms with Crippen LogP contribution in [0, 0.1) is 54.6 Å². The van der Waals surface area contributed by atoms with Gasteiger partial charge in [0.15, 0.2) is 0 Å². The monoisotopic (exact) mass is 878 g/mol. The number of rotatable bonds is 21. The summed E-state index contributed by atoms with van der Waals surface area (Å²) in [6.45, 7) is 36.1. The Bertz CT molecular complexity index is 1400. The maximum absolute atomic E-state index is 11.8. The lowest BCUT2D eigenvalue weighted by Crippen LogP contribution is -2.39. The van der Waals surface area contributed by atoms with Gasteiger partial charge < -0.3 is 59.7 Å². The van der Waals surface area contributed by atoms with Gasteiger partial charge in [-0.25, -0.2) is 32.3 Å². The zero-order valence-electron chi connectivity index (χ0n) is 37.1. The number of nitrogens with zero attached hydrogens (tertiary/aromatic N) is 2. The van der Waals surface area contributed by atoms with E-state index in [1.165, 1.54) is 0 Å². The molecule has 19 nitrogen and oxygen atoms in total. The quantitative estimate of drug-likeness (QED) is 0.0343. The molecule has 354 valence electrons. The fourth-order valence-corrected chi connectivity index (χ4v) is 5.76. The van der Waals surface area contributed by atoms with Crippen LogP contribution in [-0.4, -0.2) is 115 Å². The number of amides is 1. The number of nitrogens with two attached hydrogens (primary N) is 1. The Hall–Kier alpha value is -5.17. The molecule has 0 spiro atoms. The molecule has 1 fully saturated rings. The van der Waals surface area contributed by atoms with Gasteiger partial charge in [-0.05, 0) is 75.7 Å². The first-order valence-electron chi connectivity index (χ1n) is 20.2. The number of hydrogen-bond acceptors (Lipinski definition) is 13. The molecule has 0 aromatic heterocycles. The van der Waals surface area contributed by atoms with Crippen molar-refractivity contribution in [3.8, 4) is 0 Å². The number of carboxylic acids is 3. The summed E-state index contributed by atoms with van der Waals surface area (Å²) in [5, 5.41) is 28.8. The van der Waals surface area contributed by atoms with Crippen molar-refractivity contribution in [2.24, 2.45) is 47.2 Å². The van der Waals surface area contributed by atoms with Gasteiger partial charge in [0.05, 0.1) is 19.8 Å². The first-order valence-corrected chi connectivity index (χ1v) is 20.2. The van der Waals surface area contributed by atoms with Crippen molar-refractivity contribution in [1.82, 2.24) is 5.32 Å². The second-order valence-electron chi connectivity index (χ2n) is 15.5. The second kappa shape index (κ2) is 35.6. The van der Waals surface area contributed by atoms with Crippen LogP contribution in [0.2, 0.25) is 0 Å². The minimum absolute atomic E-state index is 0. The average Bonchev–Trinajstić information content (AvgIpc) is 3.50. The SMILES string of the molecule is C.CC(C)CC(CN)CC(=O)O.CC(C)CC1CNC(=O)C1C(=O)O.[2HH].[C-]#[N+]C(CC(C)C)C(OC(=O)OCC)C(=O)OCC.[C-]#[N+][C@@H](CC(C)C)C(OC(=O)OCC)C(=O)O. The minimum atomic E-state index is -1.48. The van der Waals surface area contributed by atoms with Gasteiger partial charge in [0.1, 0.15) is 5.92 Å². The lowest BCUT2D eigenvalue weighted by atomic mass is 9.88. The Morgan fingerprint density at radius 1 is 0.738 bits per heavy atom. The van der Waals surface area contributed by atoms with E-state index in [-0.39, 0.29) is 64.7 Å². The molecule has 1 heterocycles. The van der Waals surface area contributed by atoms with E-state index in [0.717, 1.165) is 12.8 Å². The first kappa shape index (κ1) is 62.5. The predicted octanol–water partition coefficient (Wildman–Crippen LogP) is 6.82. The van der Waals surface area contributed by atoms with Gasteiger partial charge in [0.2, 0.25) is 5.91 Å². The van der Waals surface area contributed by atoms with E-state index in [1.54, 1.807) is 20.8 Å². The zero-order chi connectivity index (χ0) is 47.1. The molecule has 0 radical (unpaired) electrons. The molecule has 1 amide bonds. The molecule has 6 unspecified atom stereocenters. The van der Waals surface area contributed by atoms with Crippen LogP contribution in [0.1, 0.15) is 117 Å².